The van der Waals surface area contributed by atoms with E-state index in [0.29, 0.717) is 29.2 Å². The van der Waals surface area contributed by atoms with Crippen molar-refractivity contribution in [2.75, 3.05) is 13.7 Å². The van der Waals surface area contributed by atoms with Crippen LogP contribution in [0, 0.1) is 0 Å². The lowest BCUT2D eigenvalue weighted by Gasteiger charge is -2.11. The van der Waals surface area contributed by atoms with Crippen LogP contribution in [0.1, 0.15) is 6.92 Å². The average molecular weight is 341 g/mol. The fourth-order valence-corrected chi connectivity index (χ4v) is 2.74. The molecule has 118 valence electrons. The van der Waals surface area contributed by atoms with E-state index in [9.17, 15) is 4.79 Å². The van der Waals surface area contributed by atoms with Crippen LogP contribution >= 0.6 is 23.4 Å². The molecular weight excluding hydrogens is 324 g/mol. The fourth-order valence-electron chi connectivity index (χ4n) is 1.79. The van der Waals surface area contributed by atoms with Gasteiger partial charge in [-0.1, -0.05) is 23.4 Å². The Kier molecular flexibility index (Phi) is 5.82. The summed E-state index contributed by atoms with van der Waals surface area (Å²) in [5, 5.41) is 9.30. The standard InChI is InChI=1S/C14H17ClN4O2S/c1-9(12(16)20)22-14-18-17-13(19(14)7-8-21-2)10-3-5-11(15)6-4-10/h3-6,9H,7-8H2,1-2H3,(H2,16,20)/t9-/m1/s1. The number of halogens is 1. The van der Waals surface area contributed by atoms with E-state index < -0.39 is 0 Å². The van der Waals surface area contributed by atoms with Crippen molar-refractivity contribution in [2.45, 2.75) is 23.9 Å². The van der Waals surface area contributed by atoms with Gasteiger partial charge >= 0.3 is 0 Å². The molecule has 0 spiro atoms. The predicted molar refractivity (Wildman–Crippen MR) is 86.9 cm³/mol. The Balaban J connectivity index is 2.35. The molecule has 2 rings (SSSR count). The number of carbonyl (C=O) groups excluding carboxylic acids is 1. The van der Waals surface area contributed by atoms with Crippen molar-refractivity contribution in [1.82, 2.24) is 14.8 Å². The fraction of sp³-hybridized carbons (Fsp3) is 0.357. The molecule has 0 aliphatic rings. The second-order valence-corrected chi connectivity index (χ2v) is 6.36. The maximum atomic E-state index is 11.2. The van der Waals surface area contributed by atoms with E-state index in [4.69, 9.17) is 22.1 Å². The molecule has 8 heteroatoms. The van der Waals surface area contributed by atoms with Gasteiger partial charge in [0.2, 0.25) is 5.91 Å². The Morgan fingerprint density at radius 1 is 1.41 bits per heavy atom. The molecule has 0 fully saturated rings. The van der Waals surface area contributed by atoms with Crippen molar-refractivity contribution in [3.8, 4) is 11.4 Å². The van der Waals surface area contributed by atoms with Crippen molar-refractivity contribution in [2.24, 2.45) is 5.73 Å². The number of rotatable bonds is 7. The van der Waals surface area contributed by atoms with Gasteiger partial charge in [-0.3, -0.25) is 9.36 Å². The summed E-state index contributed by atoms with van der Waals surface area (Å²) in [6, 6.07) is 7.35. The SMILES string of the molecule is COCCn1c(S[C@H](C)C(N)=O)nnc1-c1ccc(Cl)cc1. The molecule has 0 radical (unpaired) electrons. The largest absolute Gasteiger partial charge is 0.383 e. The van der Waals surface area contributed by atoms with Gasteiger partial charge in [0.05, 0.1) is 18.4 Å². The number of thioether (sulfide) groups is 1. The van der Waals surface area contributed by atoms with E-state index in [1.165, 1.54) is 11.8 Å². The molecule has 6 nitrogen and oxygen atoms in total. The summed E-state index contributed by atoms with van der Waals surface area (Å²) in [5.74, 6) is 0.312. The number of aromatic nitrogens is 3. The van der Waals surface area contributed by atoms with E-state index in [1.54, 1.807) is 26.2 Å². The number of nitrogens with two attached hydrogens (primary N) is 1. The molecule has 2 aromatic rings. The monoisotopic (exact) mass is 340 g/mol. The van der Waals surface area contributed by atoms with Crippen LogP contribution in [-0.2, 0) is 16.1 Å². The van der Waals surface area contributed by atoms with Crippen LogP contribution in [0.5, 0.6) is 0 Å². The highest BCUT2D eigenvalue weighted by atomic mass is 35.5. The first-order valence-electron chi connectivity index (χ1n) is 6.67. The Morgan fingerprint density at radius 3 is 2.68 bits per heavy atom. The zero-order chi connectivity index (χ0) is 16.1. The lowest BCUT2D eigenvalue weighted by molar-refractivity contribution is -0.117. The number of nitrogens with zero attached hydrogens (tertiary/aromatic N) is 3. The van der Waals surface area contributed by atoms with Gasteiger partial charge in [-0.05, 0) is 31.2 Å². The Bertz CT molecular complexity index is 645. The van der Waals surface area contributed by atoms with Crippen LogP contribution < -0.4 is 5.73 Å². The third kappa shape index (κ3) is 4.00. The number of ether oxygens (including phenoxy) is 1. The number of primary amides is 1. The number of hydrogen-bond donors (Lipinski definition) is 1. The van der Waals surface area contributed by atoms with Gasteiger partial charge in [0.1, 0.15) is 0 Å². The first-order chi connectivity index (χ1) is 10.5. The molecule has 0 aliphatic carbocycles. The highest BCUT2D eigenvalue weighted by Gasteiger charge is 2.19. The zero-order valence-corrected chi connectivity index (χ0v) is 13.9. The van der Waals surface area contributed by atoms with Gasteiger partial charge in [0.15, 0.2) is 11.0 Å². The topological polar surface area (TPSA) is 83.0 Å². The second kappa shape index (κ2) is 7.62. The molecule has 0 bridgehead atoms. The summed E-state index contributed by atoms with van der Waals surface area (Å²) in [4.78, 5) is 11.2. The summed E-state index contributed by atoms with van der Waals surface area (Å²) in [6.45, 7) is 2.83. The van der Waals surface area contributed by atoms with Crippen LogP contribution in [-0.4, -0.2) is 39.6 Å². The van der Waals surface area contributed by atoms with Gasteiger partial charge in [-0.15, -0.1) is 10.2 Å². The van der Waals surface area contributed by atoms with Gasteiger partial charge < -0.3 is 10.5 Å². The van der Waals surface area contributed by atoms with E-state index in [0.717, 1.165) is 5.56 Å². The summed E-state index contributed by atoms with van der Waals surface area (Å²) in [5.41, 5.74) is 6.21. The lowest BCUT2D eigenvalue weighted by atomic mass is 10.2. The van der Waals surface area contributed by atoms with Crippen LogP contribution in [0.25, 0.3) is 11.4 Å². The molecule has 22 heavy (non-hydrogen) atoms. The predicted octanol–water partition coefficient (Wildman–Crippen LogP) is 2.21. The molecule has 1 atom stereocenters. The molecule has 0 unspecified atom stereocenters. The van der Waals surface area contributed by atoms with E-state index >= 15 is 0 Å². The Morgan fingerprint density at radius 2 is 2.09 bits per heavy atom. The summed E-state index contributed by atoms with van der Waals surface area (Å²) >= 11 is 7.19. The quantitative estimate of drug-likeness (QED) is 0.781. The highest BCUT2D eigenvalue weighted by Crippen LogP contribution is 2.27. The number of carbonyl (C=O) groups is 1. The van der Waals surface area contributed by atoms with Crippen LogP contribution in [0.15, 0.2) is 29.4 Å². The van der Waals surface area contributed by atoms with E-state index in [1.807, 2.05) is 16.7 Å². The van der Waals surface area contributed by atoms with Gasteiger partial charge in [-0.2, -0.15) is 0 Å². The maximum Gasteiger partial charge on any atom is 0.230 e. The Hall–Kier alpha value is -1.57. The third-order valence-electron chi connectivity index (χ3n) is 3.02. The van der Waals surface area contributed by atoms with Crippen molar-refractivity contribution in [3.63, 3.8) is 0 Å². The molecule has 1 amide bonds. The van der Waals surface area contributed by atoms with Crippen LogP contribution in [0.3, 0.4) is 0 Å². The molecule has 1 aromatic carbocycles. The molecule has 0 saturated heterocycles. The van der Waals surface area contributed by atoms with Crippen molar-refractivity contribution in [1.29, 1.82) is 0 Å². The number of benzene rings is 1. The minimum Gasteiger partial charge on any atom is -0.383 e. The van der Waals surface area contributed by atoms with Gasteiger partial charge in [0, 0.05) is 17.7 Å². The minimum atomic E-state index is -0.390. The molecule has 2 N–H and O–H groups in total. The molecule has 0 saturated carbocycles. The number of amides is 1. The third-order valence-corrected chi connectivity index (χ3v) is 4.37. The highest BCUT2D eigenvalue weighted by molar-refractivity contribution is 8.00. The summed E-state index contributed by atoms with van der Waals surface area (Å²) in [7, 11) is 1.63. The van der Waals surface area contributed by atoms with Gasteiger partial charge in [-0.25, -0.2) is 0 Å². The van der Waals surface area contributed by atoms with Crippen molar-refractivity contribution >= 4 is 29.3 Å². The lowest BCUT2D eigenvalue weighted by Crippen LogP contribution is -2.23. The number of hydrogen-bond acceptors (Lipinski definition) is 5. The van der Waals surface area contributed by atoms with Crippen molar-refractivity contribution < 1.29 is 9.53 Å². The molecular formula is C14H17ClN4O2S. The summed E-state index contributed by atoms with van der Waals surface area (Å²) in [6.07, 6.45) is 0. The van der Waals surface area contributed by atoms with Crippen LogP contribution in [0.4, 0.5) is 0 Å². The summed E-state index contributed by atoms with van der Waals surface area (Å²) < 4.78 is 7.05. The normalized spacial score (nSPS) is 12.3. The first kappa shape index (κ1) is 16.8. The maximum absolute atomic E-state index is 11.2. The first-order valence-corrected chi connectivity index (χ1v) is 7.92. The van der Waals surface area contributed by atoms with Gasteiger partial charge in [0.25, 0.3) is 0 Å². The average Bonchev–Trinajstić information content (AvgIpc) is 2.88. The smallest absolute Gasteiger partial charge is 0.230 e. The second-order valence-electron chi connectivity index (χ2n) is 4.62. The van der Waals surface area contributed by atoms with E-state index in [2.05, 4.69) is 10.2 Å². The van der Waals surface area contributed by atoms with Crippen molar-refractivity contribution in [3.05, 3.63) is 29.3 Å². The van der Waals surface area contributed by atoms with E-state index in [-0.39, 0.29) is 11.2 Å². The van der Waals surface area contributed by atoms with Crippen LogP contribution in [0.2, 0.25) is 5.02 Å². The molecule has 1 heterocycles. The zero-order valence-electron chi connectivity index (χ0n) is 12.3. The molecule has 1 aromatic heterocycles. The number of methoxy groups -OCH3 is 1. The Labute approximate surface area is 138 Å². The minimum absolute atomic E-state index is 0.386. The molecule has 0 aliphatic heterocycles.